The van der Waals surface area contributed by atoms with Gasteiger partial charge in [-0.2, -0.15) is 0 Å². The van der Waals surface area contributed by atoms with Gasteiger partial charge in [-0.1, -0.05) is 24.3 Å². The number of likely N-dealkylation sites (tertiary alicyclic amines) is 1. The minimum Gasteiger partial charge on any atom is -0.530 e. The third-order valence-corrected chi connectivity index (χ3v) is 7.01. The minimum atomic E-state index is -3.54. The molecule has 0 radical (unpaired) electrons. The van der Waals surface area contributed by atoms with Gasteiger partial charge < -0.3 is 29.0 Å². The molecule has 1 aliphatic rings. The van der Waals surface area contributed by atoms with Gasteiger partial charge in [0, 0.05) is 54.0 Å². The molecule has 1 amide bonds. The molecule has 0 spiro atoms. The van der Waals surface area contributed by atoms with Crippen molar-refractivity contribution in [1.29, 1.82) is 0 Å². The van der Waals surface area contributed by atoms with Crippen LogP contribution in [-0.2, 0) is 21.2 Å². The van der Waals surface area contributed by atoms with E-state index in [1.807, 2.05) is 30.3 Å². The van der Waals surface area contributed by atoms with Crippen LogP contribution in [0.25, 0.3) is 10.8 Å². The number of nitrogens with zero attached hydrogens (tertiary/aromatic N) is 3. The van der Waals surface area contributed by atoms with Crippen LogP contribution in [-0.4, -0.2) is 69.0 Å². The van der Waals surface area contributed by atoms with Gasteiger partial charge in [0.2, 0.25) is 15.0 Å². The van der Waals surface area contributed by atoms with Crippen molar-refractivity contribution in [1.82, 2.24) is 14.9 Å². The number of carbonyl (C=O) groups is 1. The number of rotatable bonds is 7. The highest BCUT2D eigenvalue weighted by molar-refractivity contribution is 7.90. The summed E-state index contributed by atoms with van der Waals surface area (Å²) in [5, 5.41) is 13.0. The van der Waals surface area contributed by atoms with Gasteiger partial charge in [-0.3, -0.25) is 0 Å². The largest absolute Gasteiger partial charge is 0.530 e. The number of sulfone groups is 1. The van der Waals surface area contributed by atoms with Crippen molar-refractivity contribution in [3.05, 3.63) is 53.9 Å². The molecule has 0 aliphatic carbocycles. The molecule has 1 fully saturated rings. The second kappa shape index (κ2) is 10.0. The molecule has 3 aromatic rings. The quantitative estimate of drug-likeness (QED) is 0.445. The van der Waals surface area contributed by atoms with E-state index in [9.17, 15) is 18.3 Å². The van der Waals surface area contributed by atoms with Crippen LogP contribution in [0, 0.1) is 0 Å². The summed E-state index contributed by atoms with van der Waals surface area (Å²) in [5.41, 5.74) is 1.42. The van der Waals surface area contributed by atoms with Crippen LogP contribution in [0.2, 0.25) is 0 Å². The van der Waals surface area contributed by atoms with Gasteiger partial charge in [0.25, 0.3) is 0 Å². The summed E-state index contributed by atoms with van der Waals surface area (Å²) in [4.78, 5) is 20.7. The minimum absolute atomic E-state index is 0.0911. The zero-order valence-electron chi connectivity index (χ0n) is 19.6. The van der Waals surface area contributed by atoms with Crippen molar-refractivity contribution < 1.29 is 32.5 Å². The Morgan fingerprint density at radius 2 is 1.83 bits per heavy atom. The van der Waals surface area contributed by atoms with Crippen LogP contribution < -0.4 is 14.6 Å². The SMILES string of the molecule is COc1cc(COC2CN(C(=O)[O-])CCC2c2cnc(S(C)(=O)=O)nc2)c(OC)c2ccccc12. The number of piperidine rings is 1. The van der Waals surface area contributed by atoms with E-state index in [0.717, 1.165) is 22.6 Å². The first-order valence-corrected chi connectivity index (χ1v) is 12.8. The van der Waals surface area contributed by atoms with E-state index >= 15 is 0 Å². The molecular weight excluding hydrogens is 474 g/mol. The molecule has 4 rings (SSSR count). The third kappa shape index (κ3) is 5.15. The molecule has 35 heavy (non-hydrogen) atoms. The normalized spacial score (nSPS) is 18.4. The Bertz CT molecular complexity index is 1330. The standard InChI is InChI=1S/C24H27N3O7S/c1-32-20-10-15(22(33-2)19-7-5-4-6-18(19)20)14-34-21-13-27(24(28)29)9-8-17(21)16-11-25-23(26-12-16)35(3,30)31/h4-7,10-12,17,21H,8-9,13-14H2,1-3H3,(H,28,29)/p-1. The smallest absolute Gasteiger partial charge is 0.246 e. The Labute approximate surface area is 203 Å². The maximum absolute atomic E-state index is 11.7. The van der Waals surface area contributed by atoms with E-state index < -0.39 is 22.0 Å². The summed E-state index contributed by atoms with van der Waals surface area (Å²) in [6.45, 7) is 0.483. The summed E-state index contributed by atoms with van der Waals surface area (Å²) in [7, 11) is -0.362. The molecule has 2 unspecified atom stereocenters. The zero-order chi connectivity index (χ0) is 25.2. The topological polar surface area (TPSA) is 131 Å². The van der Waals surface area contributed by atoms with E-state index in [4.69, 9.17) is 14.2 Å². The van der Waals surface area contributed by atoms with Gasteiger partial charge in [-0.05, 0) is 18.1 Å². The van der Waals surface area contributed by atoms with Crippen LogP contribution in [0.1, 0.15) is 23.5 Å². The molecule has 2 atom stereocenters. The summed E-state index contributed by atoms with van der Waals surface area (Å²) in [5.74, 6) is 1.07. The highest BCUT2D eigenvalue weighted by atomic mass is 32.2. The lowest BCUT2D eigenvalue weighted by atomic mass is 9.88. The molecule has 0 bridgehead atoms. The van der Waals surface area contributed by atoms with Gasteiger partial charge in [0.1, 0.15) is 17.6 Å². The molecule has 186 valence electrons. The monoisotopic (exact) mass is 500 g/mol. The molecule has 1 aromatic heterocycles. The first-order chi connectivity index (χ1) is 16.7. The van der Waals surface area contributed by atoms with Crippen molar-refractivity contribution in [3.63, 3.8) is 0 Å². The number of hydrogen-bond donors (Lipinski definition) is 0. The number of fused-ring (bicyclic) bond motifs is 1. The fraction of sp³-hybridized carbons (Fsp3) is 0.375. The predicted octanol–water partition coefficient (Wildman–Crippen LogP) is 1.77. The number of carboxylic acid groups (broad SMARTS) is 1. The first-order valence-electron chi connectivity index (χ1n) is 10.9. The average molecular weight is 501 g/mol. The third-order valence-electron chi connectivity index (χ3n) is 6.14. The van der Waals surface area contributed by atoms with E-state index in [1.165, 1.54) is 17.3 Å². The van der Waals surface area contributed by atoms with Crippen molar-refractivity contribution in [3.8, 4) is 11.5 Å². The molecule has 2 aromatic carbocycles. The number of carbonyl (C=O) groups excluding carboxylic acids is 1. The number of hydrogen-bond acceptors (Lipinski definition) is 9. The van der Waals surface area contributed by atoms with E-state index in [0.29, 0.717) is 23.5 Å². The fourth-order valence-corrected chi connectivity index (χ4v) is 4.91. The predicted molar refractivity (Wildman–Crippen MR) is 125 cm³/mol. The fourth-order valence-electron chi connectivity index (χ4n) is 4.43. The Hall–Kier alpha value is -3.44. The summed E-state index contributed by atoms with van der Waals surface area (Å²) in [6, 6.07) is 9.54. The van der Waals surface area contributed by atoms with E-state index in [1.54, 1.807) is 14.2 Å². The summed E-state index contributed by atoms with van der Waals surface area (Å²) in [6.07, 6.45) is 2.58. The first kappa shape index (κ1) is 24.7. The van der Waals surface area contributed by atoms with Crippen LogP contribution in [0.5, 0.6) is 11.5 Å². The lowest BCUT2D eigenvalue weighted by Gasteiger charge is -2.39. The Morgan fingerprint density at radius 1 is 1.14 bits per heavy atom. The highest BCUT2D eigenvalue weighted by Gasteiger charge is 2.32. The molecular formula is C24H26N3O7S-. The highest BCUT2D eigenvalue weighted by Crippen LogP contribution is 2.38. The van der Waals surface area contributed by atoms with Crippen LogP contribution >= 0.6 is 0 Å². The zero-order valence-corrected chi connectivity index (χ0v) is 20.4. The second-order valence-corrected chi connectivity index (χ2v) is 10.3. The second-order valence-electron chi connectivity index (χ2n) is 8.34. The van der Waals surface area contributed by atoms with Crippen molar-refractivity contribution in [2.75, 3.05) is 33.6 Å². The molecule has 0 N–H and O–H groups in total. The van der Waals surface area contributed by atoms with Crippen LogP contribution in [0.15, 0.2) is 47.9 Å². The van der Waals surface area contributed by atoms with Crippen LogP contribution in [0.4, 0.5) is 4.79 Å². The molecule has 2 heterocycles. The van der Waals surface area contributed by atoms with Crippen LogP contribution in [0.3, 0.4) is 0 Å². The van der Waals surface area contributed by atoms with Gasteiger partial charge in [0.15, 0.2) is 0 Å². The molecule has 1 saturated heterocycles. The Kier molecular flexibility index (Phi) is 7.08. The van der Waals surface area contributed by atoms with Gasteiger partial charge in [-0.15, -0.1) is 0 Å². The maximum Gasteiger partial charge on any atom is 0.246 e. The van der Waals surface area contributed by atoms with Crippen molar-refractivity contribution in [2.45, 2.75) is 30.2 Å². The Balaban J connectivity index is 1.64. The van der Waals surface area contributed by atoms with Gasteiger partial charge >= 0.3 is 0 Å². The number of methoxy groups -OCH3 is 2. The van der Waals surface area contributed by atoms with Gasteiger partial charge in [0.05, 0.1) is 26.9 Å². The summed E-state index contributed by atoms with van der Waals surface area (Å²) < 4.78 is 41.0. The molecule has 0 saturated carbocycles. The molecule has 1 aliphatic heterocycles. The molecule has 10 nitrogen and oxygen atoms in total. The number of ether oxygens (including phenoxy) is 3. The lowest BCUT2D eigenvalue weighted by Crippen LogP contribution is -2.51. The van der Waals surface area contributed by atoms with E-state index in [-0.39, 0.29) is 30.8 Å². The van der Waals surface area contributed by atoms with Gasteiger partial charge in [-0.25, -0.2) is 18.4 Å². The summed E-state index contributed by atoms with van der Waals surface area (Å²) >= 11 is 0. The average Bonchev–Trinajstić information content (AvgIpc) is 2.86. The van der Waals surface area contributed by atoms with Crippen molar-refractivity contribution in [2.24, 2.45) is 0 Å². The molecule has 11 heteroatoms. The van der Waals surface area contributed by atoms with E-state index in [2.05, 4.69) is 9.97 Å². The van der Waals surface area contributed by atoms with Crippen molar-refractivity contribution >= 4 is 26.7 Å². The number of aromatic nitrogens is 2. The number of amides is 1. The Morgan fingerprint density at radius 3 is 2.43 bits per heavy atom. The lowest BCUT2D eigenvalue weighted by molar-refractivity contribution is -0.268. The maximum atomic E-state index is 11.7. The number of benzene rings is 2.